The number of hydrazine groups is 1. The fourth-order valence-corrected chi connectivity index (χ4v) is 0.0333. The molecule has 6 heteroatoms. The maximum Gasteiger partial charge on any atom is 0.544 e. The Morgan fingerprint density at radius 1 is 1.83 bits per heavy atom. The Labute approximate surface area is 32.2 Å². The highest BCUT2D eigenvalue weighted by atomic mass is 16.7. The lowest BCUT2D eigenvalue weighted by Gasteiger charge is -1.62. The van der Waals surface area contributed by atoms with Crippen molar-refractivity contribution in [2.24, 2.45) is 0 Å². The van der Waals surface area contributed by atoms with Crippen molar-refractivity contribution in [3.05, 3.63) is 15.0 Å². The lowest BCUT2D eigenvalue weighted by atomic mass is 12.4. The molecule has 0 aliphatic carbocycles. The van der Waals surface area contributed by atoms with Crippen molar-refractivity contribution in [3.63, 3.8) is 0 Å². The Hall–Kier alpha value is -1.20. The summed E-state index contributed by atoms with van der Waals surface area (Å²) in [5.74, 6) is 0. The van der Waals surface area contributed by atoms with E-state index in [1.165, 1.54) is 0 Å². The number of nitro groups is 1. The van der Waals surface area contributed by atoms with E-state index in [0.717, 1.165) is 5.53 Å². The van der Waals surface area contributed by atoms with Gasteiger partial charge in [0.1, 0.15) is 4.91 Å². The third kappa shape index (κ3) is 2.80. The van der Waals surface area contributed by atoms with Crippen LogP contribution in [0.5, 0.6) is 0 Å². The van der Waals surface area contributed by atoms with E-state index in [1.54, 1.807) is 5.29 Å². The zero-order valence-corrected chi connectivity index (χ0v) is 2.62. The van der Waals surface area contributed by atoms with E-state index in [4.69, 9.17) is 15.0 Å². The van der Waals surface area contributed by atoms with Gasteiger partial charge in [-0.15, -0.1) is 0 Å². The maximum absolute atomic E-state index is 9.00. The number of nitrogens with zero attached hydrogens (tertiary/aromatic N) is 2. The van der Waals surface area contributed by atoms with Gasteiger partial charge in [0.05, 0.1) is 0 Å². The molecule has 0 unspecified atom stereocenters. The number of nitrogens with one attached hydrogen (secondary N) is 1. The van der Waals surface area contributed by atoms with Crippen molar-refractivity contribution in [2.75, 3.05) is 0 Å². The molecule has 0 rings (SSSR count). The molecule has 1 N–H and O–H groups in total. The van der Waals surface area contributed by atoms with Gasteiger partial charge in [0.15, 0.2) is 0 Å². The molecule has 0 aliphatic rings. The molecule has 0 atom stereocenters. The van der Waals surface area contributed by atoms with Crippen LogP contribution < -0.4 is 10.8 Å². The summed E-state index contributed by atoms with van der Waals surface area (Å²) >= 11 is 0. The molecule has 0 saturated heterocycles. The number of hydrogen-bond donors (Lipinski definition) is 1. The van der Waals surface area contributed by atoms with E-state index in [1.807, 2.05) is 0 Å². The standard InChI is InChI=1S/HN3O3/c4-2-1-3(5)6/h(H,1,4)/q+1. The molecule has 0 aromatic rings. The van der Waals surface area contributed by atoms with E-state index >= 15 is 0 Å². The van der Waals surface area contributed by atoms with Crippen LogP contribution in [-0.2, 0) is 0 Å². The van der Waals surface area contributed by atoms with Gasteiger partial charge in [-0.3, -0.25) is 0 Å². The molecule has 0 aromatic carbocycles. The SMILES string of the molecule is O=[N+]N[N+](=O)[O-]. The molecule has 1 radical (unpaired) electrons. The minimum Gasteiger partial charge on any atom is -0.230 e. The zero-order chi connectivity index (χ0) is 4.99. The van der Waals surface area contributed by atoms with Crippen molar-refractivity contribution in [3.8, 4) is 0 Å². The van der Waals surface area contributed by atoms with Crippen molar-refractivity contribution in [1.29, 1.82) is 0 Å². The quantitative estimate of drug-likeness (QED) is 0.341. The molecule has 6 nitrogen and oxygen atoms in total. The minimum atomic E-state index is -1.05. The fraction of sp³-hybridized carbons (Fsp3) is 0. The first-order chi connectivity index (χ1) is 2.77. The molecule has 0 heterocycles. The zero-order valence-electron chi connectivity index (χ0n) is 2.62. The minimum absolute atomic E-state index is 1.00. The molecule has 0 spiro atoms. The second kappa shape index (κ2) is 2.06. The average molecular weight is 91.0 g/mol. The van der Waals surface area contributed by atoms with Gasteiger partial charge in [-0.1, -0.05) is 0 Å². The van der Waals surface area contributed by atoms with Crippen LogP contribution in [0, 0.1) is 15.0 Å². The summed E-state index contributed by atoms with van der Waals surface area (Å²) in [5, 5.41) is 9.69. The highest BCUT2D eigenvalue weighted by Gasteiger charge is 1.99. The van der Waals surface area contributed by atoms with Gasteiger partial charge in [-0.05, 0) is 0 Å². The Kier molecular flexibility index (Phi) is 1.65. The van der Waals surface area contributed by atoms with Gasteiger partial charge < -0.3 is 0 Å². The molecule has 33 valence electrons. The van der Waals surface area contributed by atoms with Crippen LogP contribution in [0.3, 0.4) is 0 Å². The van der Waals surface area contributed by atoms with Crippen molar-refractivity contribution >= 4 is 0 Å². The fourth-order valence-electron chi connectivity index (χ4n) is 0.0333. The monoisotopic (exact) mass is 91.0 g/mol. The average Bonchev–Trinajstić information content (AvgIpc) is 1.35. The highest BCUT2D eigenvalue weighted by molar-refractivity contribution is 3.98. The Bertz CT molecular complexity index is 66.4. The van der Waals surface area contributed by atoms with Gasteiger partial charge in [0.2, 0.25) is 10.6 Å². The van der Waals surface area contributed by atoms with Crippen LogP contribution in [0.25, 0.3) is 0 Å². The largest absolute Gasteiger partial charge is 0.544 e. The molecule has 0 bridgehead atoms. The summed E-state index contributed by atoms with van der Waals surface area (Å²) in [6.45, 7) is 0. The predicted molar refractivity (Wildman–Crippen MR) is 15.6 cm³/mol. The van der Waals surface area contributed by atoms with Crippen molar-refractivity contribution < 1.29 is 5.03 Å². The first kappa shape index (κ1) is 4.80. The highest BCUT2D eigenvalue weighted by Crippen LogP contribution is 1.42. The molecule has 0 aromatic heterocycles. The first-order valence-electron chi connectivity index (χ1n) is 0.995. The summed E-state index contributed by atoms with van der Waals surface area (Å²) in [6.07, 6.45) is 0. The third-order valence-electron chi connectivity index (χ3n) is 0.122. The normalized spacial score (nSPS) is 6.67. The van der Waals surface area contributed by atoms with E-state index < -0.39 is 5.03 Å². The smallest absolute Gasteiger partial charge is 0.230 e. The van der Waals surface area contributed by atoms with Gasteiger partial charge in [0.25, 0.3) is 0 Å². The second-order valence-corrected chi connectivity index (χ2v) is 0.448. The van der Waals surface area contributed by atoms with Gasteiger partial charge in [0, 0.05) is 0 Å². The molecule has 0 amide bonds. The van der Waals surface area contributed by atoms with E-state index in [0.29, 0.717) is 0 Å². The Balaban J connectivity index is 3.05. The first-order valence-corrected chi connectivity index (χ1v) is 0.995. The predicted octanol–water partition coefficient (Wildman–Crippen LogP) is -1.22. The third-order valence-corrected chi connectivity index (χ3v) is 0.122. The summed E-state index contributed by atoms with van der Waals surface area (Å²) in [7, 11) is 0. The Morgan fingerprint density at radius 3 is 2.33 bits per heavy atom. The lowest BCUT2D eigenvalue weighted by molar-refractivity contribution is -0.551. The van der Waals surface area contributed by atoms with Crippen LogP contribution >= 0.6 is 0 Å². The summed E-state index contributed by atoms with van der Waals surface area (Å²) in [4.78, 5) is 17.8. The van der Waals surface area contributed by atoms with Gasteiger partial charge in [-0.2, -0.15) is 0 Å². The molecule has 0 aliphatic heterocycles. The summed E-state index contributed by atoms with van der Waals surface area (Å²) in [5.41, 5.74) is 1.00. The van der Waals surface area contributed by atoms with E-state index in [-0.39, 0.29) is 0 Å². The number of nitroso groups, excluding NO2 is 1. The molecular formula is HN3O3+. The van der Waals surface area contributed by atoms with E-state index in [9.17, 15) is 0 Å². The lowest BCUT2D eigenvalue weighted by Crippen LogP contribution is -2.21. The molecule has 6 heavy (non-hydrogen) atoms. The number of rotatable bonds is 2. The molecular weight excluding hydrogens is 90.0 g/mol. The van der Waals surface area contributed by atoms with E-state index in [2.05, 4.69) is 0 Å². The maximum atomic E-state index is 9.00. The van der Waals surface area contributed by atoms with Gasteiger partial charge in [-0.25, -0.2) is 10.1 Å². The Morgan fingerprint density at radius 2 is 2.33 bits per heavy atom. The van der Waals surface area contributed by atoms with Crippen molar-refractivity contribution in [2.45, 2.75) is 0 Å². The number of hydrogen-bond acceptors (Lipinski definition) is 4. The van der Waals surface area contributed by atoms with Crippen LogP contribution in [-0.4, -0.2) is 5.03 Å². The summed E-state index contributed by atoms with van der Waals surface area (Å²) < 4.78 is 0. The van der Waals surface area contributed by atoms with Gasteiger partial charge >= 0.3 is 5.29 Å². The molecule has 0 saturated carbocycles. The topological polar surface area (TPSA) is 86.3 Å². The summed E-state index contributed by atoms with van der Waals surface area (Å²) in [6, 6.07) is 0. The van der Waals surface area contributed by atoms with Crippen LogP contribution in [0.4, 0.5) is 0 Å². The molecule has 0 fully saturated rings. The van der Waals surface area contributed by atoms with Crippen LogP contribution in [0.2, 0.25) is 0 Å². The van der Waals surface area contributed by atoms with Crippen molar-refractivity contribution in [1.82, 2.24) is 10.8 Å². The van der Waals surface area contributed by atoms with Crippen LogP contribution in [0.15, 0.2) is 0 Å². The second-order valence-electron chi connectivity index (χ2n) is 0.448. The van der Waals surface area contributed by atoms with Crippen LogP contribution in [0.1, 0.15) is 0 Å².